The molecule has 2 rings (SSSR count). The molecule has 1 heterocycles. The van der Waals surface area contributed by atoms with Crippen LogP contribution in [0, 0.1) is 11.7 Å². The van der Waals surface area contributed by atoms with Crippen molar-refractivity contribution in [3.8, 4) is 5.75 Å². The number of ether oxygens (including phenoxy) is 1. The molecule has 110 valence electrons. The maximum Gasteiger partial charge on any atom is 0.260 e. The third kappa shape index (κ3) is 3.41. The molecular weight excluding hydrogens is 283 g/mol. The Hall–Kier alpha value is -1.33. The molecule has 1 fully saturated rings. The monoisotopic (exact) mass is 300 g/mol. The van der Waals surface area contributed by atoms with Crippen LogP contribution < -0.4 is 10.5 Å². The number of halogens is 2. The van der Waals surface area contributed by atoms with Crippen molar-refractivity contribution in [1.82, 2.24) is 4.90 Å². The summed E-state index contributed by atoms with van der Waals surface area (Å²) in [6, 6.07) is 4.20. The van der Waals surface area contributed by atoms with Gasteiger partial charge in [-0.1, -0.05) is 11.6 Å². The zero-order valence-electron chi connectivity index (χ0n) is 11.3. The maximum absolute atomic E-state index is 13.0. The summed E-state index contributed by atoms with van der Waals surface area (Å²) in [6.45, 7) is 3.18. The number of carbonyl (C=O) groups is 1. The molecular formula is C14H18ClFN2O2. The molecule has 1 amide bonds. The SMILES string of the molecule is CC1CC(CN)CN1C(=O)COc1ccc(F)c(Cl)c1. The predicted molar refractivity (Wildman–Crippen MR) is 75.2 cm³/mol. The van der Waals surface area contributed by atoms with Gasteiger partial charge < -0.3 is 15.4 Å². The van der Waals surface area contributed by atoms with E-state index in [1.807, 2.05) is 6.92 Å². The van der Waals surface area contributed by atoms with E-state index in [2.05, 4.69) is 0 Å². The van der Waals surface area contributed by atoms with Crippen LogP contribution >= 0.6 is 11.6 Å². The summed E-state index contributed by atoms with van der Waals surface area (Å²) in [5.74, 6) is 0.138. The smallest absolute Gasteiger partial charge is 0.260 e. The summed E-state index contributed by atoms with van der Waals surface area (Å²) in [5, 5.41) is -0.0207. The normalized spacial score (nSPS) is 22.1. The molecule has 1 aliphatic rings. The van der Waals surface area contributed by atoms with Crippen molar-refractivity contribution in [2.24, 2.45) is 11.7 Å². The second-order valence-electron chi connectivity index (χ2n) is 5.10. The first-order chi connectivity index (χ1) is 9.51. The molecule has 20 heavy (non-hydrogen) atoms. The van der Waals surface area contributed by atoms with Gasteiger partial charge in [0.2, 0.25) is 0 Å². The quantitative estimate of drug-likeness (QED) is 0.926. The van der Waals surface area contributed by atoms with E-state index in [0.29, 0.717) is 24.8 Å². The molecule has 0 aliphatic carbocycles. The first-order valence-corrected chi connectivity index (χ1v) is 6.96. The highest BCUT2D eigenvalue weighted by molar-refractivity contribution is 6.30. The van der Waals surface area contributed by atoms with Crippen LogP contribution in [0.25, 0.3) is 0 Å². The van der Waals surface area contributed by atoms with Crippen LogP contribution in [0.1, 0.15) is 13.3 Å². The van der Waals surface area contributed by atoms with E-state index in [9.17, 15) is 9.18 Å². The Bertz CT molecular complexity index is 498. The second-order valence-corrected chi connectivity index (χ2v) is 5.50. The number of hydrogen-bond acceptors (Lipinski definition) is 3. The Morgan fingerprint density at radius 2 is 2.35 bits per heavy atom. The summed E-state index contributed by atoms with van der Waals surface area (Å²) >= 11 is 5.65. The largest absolute Gasteiger partial charge is 0.484 e. The Labute approximate surface area is 122 Å². The third-order valence-corrected chi connectivity index (χ3v) is 3.86. The summed E-state index contributed by atoms with van der Waals surface area (Å²) < 4.78 is 18.4. The fraction of sp³-hybridized carbons (Fsp3) is 0.500. The molecule has 1 aromatic rings. The molecule has 2 N–H and O–H groups in total. The van der Waals surface area contributed by atoms with Gasteiger partial charge in [0.05, 0.1) is 5.02 Å². The molecule has 4 nitrogen and oxygen atoms in total. The summed E-state index contributed by atoms with van der Waals surface area (Å²) in [4.78, 5) is 13.9. The van der Waals surface area contributed by atoms with E-state index in [1.165, 1.54) is 18.2 Å². The van der Waals surface area contributed by atoms with Gasteiger partial charge >= 0.3 is 0 Å². The maximum atomic E-state index is 13.0. The standard InChI is InChI=1S/C14H18ClFN2O2/c1-9-4-10(6-17)7-18(9)14(19)8-20-11-2-3-13(16)12(15)5-11/h2-3,5,9-10H,4,6-8,17H2,1H3. The summed E-state index contributed by atoms with van der Waals surface area (Å²) in [7, 11) is 0. The van der Waals surface area contributed by atoms with Crippen LogP contribution in [-0.4, -0.2) is 36.5 Å². The minimum atomic E-state index is -0.510. The zero-order chi connectivity index (χ0) is 14.7. The van der Waals surface area contributed by atoms with Crippen LogP contribution in [0.4, 0.5) is 4.39 Å². The van der Waals surface area contributed by atoms with E-state index in [0.717, 1.165) is 6.42 Å². The number of benzene rings is 1. The number of rotatable bonds is 4. The highest BCUT2D eigenvalue weighted by Crippen LogP contribution is 2.23. The van der Waals surface area contributed by atoms with Crippen molar-refractivity contribution in [3.63, 3.8) is 0 Å². The van der Waals surface area contributed by atoms with Crippen molar-refractivity contribution in [3.05, 3.63) is 29.0 Å². The van der Waals surface area contributed by atoms with Gasteiger partial charge in [0.25, 0.3) is 5.91 Å². The van der Waals surface area contributed by atoms with Gasteiger partial charge in [-0.05, 0) is 37.9 Å². The van der Waals surface area contributed by atoms with Crippen LogP contribution in [0.2, 0.25) is 5.02 Å². The molecule has 6 heteroatoms. The van der Waals surface area contributed by atoms with Crippen LogP contribution in [0.5, 0.6) is 5.75 Å². The lowest BCUT2D eigenvalue weighted by Crippen LogP contribution is -2.37. The Kier molecular flexibility index (Phi) is 4.83. The van der Waals surface area contributed by atoms with Crippen LogP contribution in [0.15, 0.2) is 18.2 Å². The van der Waals surface area contributed by atoms with E-state index in [1.54, 1.807) is 4.90 Å². The summed E-state index contributed by atoms with van der Waals surface area (Å²) in [6.07, 6.45) is 0.921. The van der Waals surface area contributed by atoms with E-state index < -0.39 is 5.82 Å². The van der Waals surface area contributed by atoms with Crippen molar-refractivity contribution in [2.75, 3.05) is 19.7 Å². The highest BCUT2D eigenvalue weighted by Gasteiger charge is 2.31. The second kappa shape index (κ2) is 6.41. The number of likely N-dealkylation sites (tertiary alicyclic amines) is 1. The molecule has 0 aromatic heterocycles. The fourth-order valence-corrected chi connectivity index (χ4v) is 2.63. The first-order valence-electron chi connectivity index (χ1n) is 6.58. The average Bonchev–Trinajstić information content (AvgIpc) is 2.81. The molecule has 0 spiro atoms. The molecule has 0 bridgehead atoms. The number of hydrogen-bond donors (Lipinski definition) is 1. The van der Waals surface area contributed by atoms with Crippen molar-refractivity contribution in [2.45, 2.75) is 19.4 Å². The number of nitrogens with two attached hydrogens (primary N) is 1. The Morgan fingerprint density at radius 1 is 1.60 bits per heavy atom. The molecule has 1 saturated heterocycles. The van der Waals surface area contributed by atoms with Gasteiger partial charge in [0, 0.05) is 18.7 Å². The molecule has 0 saturated carbocycles. The zero-order valence-corrected chi connectivity index (χ0v) is 12.1. The van der Waals surface area contributed by atoms with Crippen LogP contribution in [-0.2, 0) is 4.79 Å². The predicted octanol–water partition coefficient (Wildman–Crippen LogP) is 2.05. The lowest BCUT2D eigenvalue weighted by molar-refractivity contribution is -0.134. The van der Waals surface area contributed by atoms with E-state index in [-0.39, 0.29) is 23.6 Å². The Balaban J connectivity index is 1.90. The lowest BCUT2D eigenvalue weighted by Gasteiger charge is -2.21. The Morgan fingerprint density at radius 3 is 2.95 bits per heavy atom. The van der Waals surface area contributed by atoms with E-state index >= 15 is 0 Å². The van der Waals surface area contributed by atoms with Gasteiger partial charge in [-0.15, -0.1) is 0 Å². The molecule has 0 radical (unpaired) electrons. The summed E-state index contributed by atoms with van der Waals surface area (Å²) in [5.41, 5.74) is 5.63. The van der Waals surface area contributed by atoms with Gasteiger partial charge in [-0.3, -0.25) is 4.79 Å². The van der Waals surface area contributed by atoms with Crippen molar-refractivity contribution < 1.29 is 13.9 Å². The van der Waals surface area contributed by atoms with Gasteiger partial charge in [-0.25, -0.2) is 4.39 Å². The van der Waals surface area contributed by atoms with E-state index in [4.69, 9.17) is 22.1 Å². The molecule has 2 unspecified atom stereocenters. The molecule has 2 atom stereocenters. The minimum Gasteiger partial charge on any atom is -0.484 e. The highest BCUT2D eigenvalue weighted by atomic mass is 35.5. The first kappa shape index (κ1) is 15.1. The lowest BCUT2D eigenvalue weighted by atomic mass is 10.1. The minimum absolute atomic E-state index is 0.0207. The van der Waals surface area contributed by atoms with Crippen molar-refractivity contribution >= 4 is 17.5 Å². The molecule has 1 aromatic carbocycles. The fourth-order valence-electron chi connectivity index (χ4n) is 2.46. The number of amides is 1. The van der Waals surface area contributed by atoms with Crippen LogP contribution in [0.3, 0.4) is 0 Å². The van der Waals surface area contributed by atoms with Gasteiger partial charge in [-0.2, -0.15) is 0 Å². The number of nitrogens with zero attached hydrogens (tertiary/aromatic N) is 1. The van der Waals surface area contributed by atoms with Gasteiger partial charge in [0.15, 0.2) is 6.61 Å². The molecule has 1 aliphatic heterocycles. The third-order valence-electron chi connectivity index (χ3n) is 3.57. The van der Waals surface area contributed by atoms with Gasteiger partial charge in [0.1, 0.15) is 11.6 Å². The van der Waals surface area contributed by atoms with Crippen molar-refractivity contribution in [1.29, 1.82) is 0 Å². The number of carbonyl (C=O) groups excluding carboxylic acids is 1. The average molecular weight is 301 g/mol. The topological polar surface area (TPSA) is 55.6 Å².